The van der Waals surface area contributed by atoms with Gasteiger partial charge in [0.15, 0.2) is 0 Å². The first kappa shape index (κ1) is 25.9. The van der Waals surface area contributed by atoms with Crippen LogP contribution in [-0.2, 0) is 9.53 Å². The lowest BCUT2D eigenvalue weighted by Gasteiger charge is -2.42. The van der Waals surface area contributed by atoms with E-state index >= 15 is 0 Å². The molecule has 4 heterocycles. The first-order valence-electron chi connectivity index (χ1n) is 13.5. The number of ether oxygens (including phenoxy) is 3. The number of benzene rings is 2. The quantitative estimate of drug-likeness (QED) is 0.425. The van der Waals surface area contributed by atoms with Crippen molar-refractivity contribution in [3.63, 3.8) is 0 Å². The molecule has 2 bridgehead atoms. The Morgan fingerprint density at radius 3 is 2.41 bits per heavy atom. The van der Waals surface area contributed by atoms with Crippen LogP contribution in [0, 0.1) is 5.92 Å². The molecule has 1 aromatic heterocycles. The van der Waals surface area contributed by atoms with Gasteiger partial charge in [0, 0.05) is 44.8 Å². The molecule has 0 saturated carbocycles. The van der Waals surface area contributed by atoms with Gasteiger partial charge in [0.05, 0.1) is 16.1 Å². The number of carbonyl (C=O) groups excluding carboxylic acids is 2. The number of amides is 2. The van der Waals surface area contributed by atoms with Gasteiger partial charge in [-0.1, -0.05) is 23.5 Å². The second-order valence-electron chi connectivity index (χ2n) is 11.5. The average molecular weight is 551 g/mol. The number of likely N-dealkylation sites (tertiary alicyclic amines) is 3. The van der Waals surface area contributed by atoms with E-state index in [1.165, 1.54) is 11.3 Å². The zero-order valence-electron chi connectivity index (χ0n) is 22.5. The summed E-state index contributed by atoms with van der Waals surface area (Å²) in [5.41, 5.74) is 0.414. The number of rotatable bonds is 7. The molecule has 0 N–H and O–H groups in total. The van der Waals surface area contributed by atoms with E-state index < -0.39 is 5.60 Å². The first-order valence-corrected chi connectivity index (χ1v) is 14.3. The summed E-state index contributed by atoms with van der Waals surface area (Å²) in [4.78, 5) is 35.8. The molecule has 3 aliphatic rings. The molecular formula is C29H34N4O5S. The number of hydrogen-bond donors (Lipinski definition) is 0. The van der Waals surface area contributed by atoms with Gasteiger partial charge in [-0.15, -0.1) is 0 Å². The van der Waals surface area contributed by atoms with E-state index in [-0.39, 0.29) is 24.0 Å². The average Bonchev–Trinajstić information content (AvgIpc) is 3.56. The van der Waals surface area contributed by atoms with Crippen molar-refractivity contribution in [3.8, 4) is 16.7 Å². The van der Waals surface area contributed by atoms with Crippen LogP contribution in [0.1, 0.15) is 27.2 Å². The van der Waals surface area contributed by atoms with E-state index in [0.717, 1.165) is 47.8 Å². The maximum Gasteiger partial charge on any atom is 0.410 e. The molecule has 3 saturated heterocycles. The molecule has 39 heavy (non-hydrogen) atoms. The Balaban J connectivity index is 0.920. The minimum Gasteiger partial charge on any atom is -0.492 e. The molecule has 3 aromatic rings. The molecule has 206 valence electrons. The fraction of sp³-hybridized carbons (Fsp3) is 0.483. The molecule has 0 unspecified atom stereocenters. The topological polar surface area (TPSA) is 84.4 Å². The highest BCUT2D eigenvalue weighted by atomic mass is 32.1. The van der Waals surface area contributed by atoms with Crippen molar-refractivity contribution in [3.05, 3.63) is 48.5 Å². The smallest absolute Gasteiger partial charge is 0.410 e. The fourth-order valence-corrected chi connectivity index (χ4v) is 6.35. The fourth-order valence-electron chi connectivity index (χ4n) is 5.52. The van der Waals surface area contributed by atoms with Crippen molar-refractivity contribution in [2.75, 3.05) is 39.3 Å². The first-order chi connectivity index (χ1) is 18.7. The van der Waals surface area contributed by atoms with E-state index in [1.54, 1.807) is 4.90 Å². The standard InChI is InChI=1S/C29H34N4O5S/c1-29(2,3)38-28(35)32-15-19(16-32)26(34)33-18-20-14-21(33)17-31(20)12-13-36-22-8-10-23(11-9-22)37-27-30-24-6-4-5-7-25(24)39-27/h4-11,19-21H,12-18H2,1-3H3/t20-,21-/m0/s1. The lowest BCUT2D eigenvalue weighted by Crippen LogP contribution is -2.59. The zero-order valence-corrected chi connectivity index (χ0v) is 23.4. The van der Waals surface area contributed by atoms with Crippen LogP contribution < -0.4 is 9.47 Å². The molecule has 3 fully saturated rings. The van der Waals surface area contributed by atoms with Crippen molar-refractivity contribution < 1.29 is 23.8 Å². The number of para-hydroxylation sites is 1. The number of thiazole rings is 1. The van der Waals surface area contributed by atoms with Gasteiger partial charge >= 0.3 is 6.09 Å². The van der Waals surface area contributed by atoms with Crippen LogP contribution >= 0.6 is 11.3 Å². The van der Waals surface area contributed by atoms with Gasteiger partial charge in [0.1, 0.15) is 23.7 Å². The third-order valence-corrected chi connectivity index (χ3v) is 8.38. The Hall–Kier alpha value is -3.37. The summed E-state index contributed by atoms with van der Waals surface area (Å²) in [5, 5.41) is 0.624. The van der Waals surface area contributed by atoms with Crippen LogP contribution in [0.3, 0.4) is 0 Å². The molecule has 2 aromatic carbocycles. The Bertz CT molecular complexity index is 1310. The SMILES string of the molecule is CC(C)(C)OC(=O)N1CC(C(=O)N2C[C@@H]3C[C@H]2CN3CCOc2ccc(Oc3nc4ccccc4s3)cc2)C1. The van der Waals surface area contributed by atoms with Crippen LogP contribution in [0.2, 0.25) is 0 Å². The largest absolute Gasteiger partial charge is 0.492 e. The monoisotopic (exact) mass is 550 g/mol. The number of fused-ring (bicyclic) bond motifs is 3. The summed E-state index contributed by atoms with van der Waals surface area (Å²) in [5.74, 6) is 1.58. The second kappa shape index (κ2) is 10.3. The molecule has 10 heteroatoms. The zero-order chi connectivity index (χ0) is 27.1. The molecule has 0 aliphatic carbocycles. The van der Waals surface area contributed by atoms with Crippen molar-refractivity contribution in [1.82, 2.24) is 19.7 Å². The lowest BCUT2D eigenvalue weighted by molar-refractivity contribution is -0.143. The van der Waals surface area contributed by atoms with Crippen molar-refractivity contribution in [2.24, 2.45) is 5.92 Å². The molecule has 0 radical (unpaired) electrons. The lowest BCUT2D eigenvalue weighted by atomic mass is 9.98. The maximum absolute atomic E-state index is 13.1. The highest BCUT2D eigenvalue weighted by Gasteiger charge is 2.48. The van der Waals surface area contributed by atoms with E-state index in [9.17, 15) is 9.59 Å². The summed E-state index contributed by atoms with van der Waals surface area (Å²) < 4.78 is 18.4. The number of aromatic nitrogens is 1. The van der Waals surface area contributed by atoms with Gasteiger partial charge in [-0.25, -0.2) is 9.78 Å². The molecule has 2 amide bonds. The molecule has 2 atom stereocenters. The summed E-state index contributed by atoms with van der Waals surface area (Å²) in [6.45, 7) is 9.48. The van der Waals surface area contributed by atoms with Crippen LogP contribution in [0.5, 0.6) is 16.7 Å². The Morgan fingerprint density at radius 2 is 1.72 bits per heavy atom. The minimum atomic E-state index is -0.525. The van der Waals surface area contributed by atoms with Gasteiger partial charge in [0.25, 0.3) is 5.19 Å². The highest BCUT2D eigenvalue weighted by Crippen LogP contribution is 2.34. The molecule has 6 rings (SSSR count). The second-order valence-corrected chi connectivity index (χ2v) is 12.5. The number of carbonyl (C=O) groups is 2. The number of nitrogens with zero attached hydrogens (tertiary/aromatic N) is 4. The summed E-state index contributed by atoms with van der Waals surface area (Å²) in [6, 6.07) is 16.2. The van der Waals surface area contributed by atoms with E-state index in [1.807, 2.05) is 74.2 Å². The van der Waals surface area contributed by atoms with Crippen molar-refractivity contribution >= 4 is 33.6 Å². The predicted molar refractivity (Wildman–Crippen MR) is 148 cm³/mol. The van der Waals surface area contributed by atoms with Crippen LogP contribution in [-0.4, -0.2) is 88.7 Å². The predicted octanol–water partition coefficient (Wildman–Crippen LogP) is 4.62. The molecular weight excluding hydrogens is 516 g/mol. The summed E-state index contributed by atoms with van der Waals surface area (Å²) in [6.07, 6.45) is 0.669. The summed E-state index contributed by atoms with van der Waals surface area (Å²) in [7, 11) is 0. The summed E-state index contributed by atoms with van der Waals surface area (Å²) >= 11 is 1.53. The third kappa shape index (κ3) is 5.67. The highest BCUT2D eigenvalue weighted by molar-refractivity contribution is 7.20. The molecule has 9 nitrogen and oxygen atoms in total. The van der Waals surface area contributed by atoms with Gasteiger partial charge in [0.2, 0.25) is 5.91 Å². The Morgan fingerprint density at radius 1 is 0.974 bits per heavy atom. The number of piperazine rings is 1. The third-order valence-electron chi connectivity index (χ3n) is 7.47. The van der Waals surface area contributed by atoms with Gasteiger partial charge in [-0.2, -0.15) is 0 Å². The molecule has 3 aliphatic heterocycles. The van der Waals surface area contributed by atoms with E-state index in [4.69, 9.17) is 14.2 Å². The van der Waals surface area contributed by atoms with Gasteiger partial charge < -0.3 is 24.0 Å². The Kier molecular flexibility index (Phi) is 6.84. The van der Waals surface area contributed by atoms with E-state index in [0.29, 0.717) is 30.9 Å². The van der Waals surface area contributed by atoms with Crippen LogP contribution in [0.4, 0.5) is 4.79 Å². The number of hydrogen-bond acceptors (Lipinski definition) is 8. The van der Waals surface area contributed by atoms with Crippen LogP contribution in [0.15, 0.2) is 48.5 Å². The maximum atomic E-state index is 13.1. The van der Waals surface area contributed by atoms with Gasteiger partial charge in [-0.3, -0.25) is 9.69 Å². The van der Waals surface area contributed by atoms with E-state index in [2.05, 4.69) is 9.88 Å². The minimum absolute atomic E-state index is 0.116. The van der Waals surface area contributed by atoms with Crippen molar-refractivity contribution in [2.45, 2.75) is 44.9 Å². The van der Waals surface area contributed by atoms with Crippen molar-refractivity contribution in [1.29, 1.82) is 0 Å². The van der Waals surface area contributed by atoms with Crippen LogP contribution in [0.25, 0.3) is 10.2 Å². The Labute approximate surface area is 232 Å². The van der Waals surface area contributed by atoms with Gasteiger partial charge in [-0.05, 0) is 63.6 Å². The molecule has 0 spiro atoms. The normalized spacial score (nSPS) is 21.3.